The van der Waals surface area contributed by atoms with Crippen molar-refractivity contribution in [1.82, 2.24) is 4.98 Å². The fourth-order valence-corrected chi connectivity index (χ4v) is 1.40. The van der Waals surface area contributed by atoms with Gasteiger partial charge in [-0.3, -0.25) is 0 Å². The molecule has 3 nitrogen and oxygen atoms in total. The van der Waals surface area contributed by atoms with Crippen LogP contribution in [0, 0.1) is 0 Å². The smallest absolute Gasteiger partial charge is 0.185 e. The van der Waals surface area contributed by atoms with E-state index in [2.05, 4.69) is 36.8 Å². The molecule has 1 aliphatic rings. The first-order chi connectivity index (χ1) is 6.66. The third-order valence-electron chi connectivity index (χ3n) is 2.31. The van der Waals surface area contributed by atoms with Gasteiger partial charge in [0.1, 0.15) is 12.4 Å². The molecule has 0 saturated heterocycles. The second kappa shape index (κ2) is 3.33. The average Bonchev–Trinajstić information content (AvgIpc) is 2.16. The van der Waals surface area contributed by atoms with Crippen LogP contribution in [0.2, 0.25) is 0 Å². The maximum atomic E-state index is 5.29. The van der Waals surface area contributed by atoms with Crippen molar-refractivity contribution in [2.24, 2.45) is 0 Å². The highest BCUT2D eigenvalue weighted by Crippen LogP contribution is 2.25. The van der Waals surface area contributed by atoms with Crippen LogP contribution in [0.1, 0.15) is 30.9 Å². The van der Waals surface area contributed by atoms with E-state index in [9.17, 15) is 0 Å². The molecular weight excluding hydrogens is 176 g/mol. The highest BCUT2D eigenvalue weighted by Gasteiger charge is 2.14. The minimum absolute atomic E-state index is 0.498. The molecule has 1 aliphatic heterocycles. The van der Waals surface area contributed by atoms with Gasteiger partial charge in [0.05, 0.1) is 0 Å². The molecule has 0 aliphatic carbocycles. The molecule has 0 radical (unpaired) electrons. The summed E-state index contributed by atoms with van der Waals surface area (Å²) >= 11 is 0. The molecule has 1 aromatic heterocycles. The first kappa shape index (κ1) is 9.06. The molecule has 1 N–H and O–H groups in total. The maximum absolute atomic E-state index is 5.29. The summed E-state index contributed by atoms with van der Waals surface area (Å²) in [6.45, 7) is 8.57. The Bertz CT molecular complexity index is 372. The molecule has 3 heteroatoms. The number of nitrogens with one attached hydrogen (secondary N) is 1. The van der Waals surface area contributed by atoms with Gasteiger partial charge in [-0.1, -0.05) is 13.8 Å². The molecule has 0 unspecified atom stereocenters. The van der Waals surface area contributed by atoms with Gasteiger partial charge in [-0.2, -0.15) is 0 Å². The Morgan fingerprint density at radius 2 is 2.36 bits per heavy atom. The van der Waals surface area contributed by atoms with Crippen LogP contribution in [0.3, 0.4) is 0 Å². The van der Waals surface area contributed by atoms with Crippen LogP contribution < -0.4 is 5.32 Å². The van der Waals surface area contributed by atoms with Crippen molar-refractivity contribution in [1.29, 1.82) is 0 Å². The van der Waals surface area contributed by atoms with Gasteiger partial charge >= 0.3 is 0 Å². The van der Waals surface area contributed by atoms with E-state index in [1.165, 1.54) is 5.56 Å². The lowest BCUT2D eigenvalue weighted by molar-refractivity contribution is 0.197. The molecule has 74 valence electrons. The van der Waals surface area contributed by atoms with E-state index < -0.39 is 0 Å². The largest absolute Gasteiger partial charge is 0.474 e. The van der Waals surface area contributed by atoms with E-state index >= 15 is 0 Å². The van der Waals surface area contributed by atoms with Crippen molar-refractivity contribution in [3.63, 3.8) is 0 Å². The molecule has 0 fully saturated rings. The van der Waals surface area contributed by atoms with Gasteiger partial charge < -0.3 is 10.1 Å². The number of hydrogen-bond donors (Lipinski definition) is 1. The van der Waals surface area contributed by atoms with E-state index in [1.807, 2.05) is 6.20 Å². The zero-order chi connectivity index (χ0) is 10.1. The third kappa shape index (κ3) is 1.58. The molecule has 2 heterocycles. The molecule has 14 heavy (non-hydrogen) atoms. The minimum atomic E-state index is 0.498. The SMILES string of the molecule is C=C1Nc2ncc(C(C)C)cc2CO1. The maximum Gasteiger partial charge on any atom is 0.185 e. The van der Waals surface area contributed by atoms with Gasteiger partial charge in [-0.15, -0.1) is 0 Å². The first-order valence-electron chi connectivity index (χ1n) is 4.74. The fraction of sp³-hybridized carbons (Fsp3) is 0.364. The summed E-state index contributed by atoms with van der Waals surface area (Å²) < 4.78 is 5.29. The number of aromatic nitrogens is 1. The van der Waals surface area contributed by atoms with E-state index in [0.29, 0.717) is 18.4 Å². The molecule has 0 atom stereocenters. The molecule has 1 aromatic rings. The topological polar surface area (TPSA) is 34.2 Å². The summed E-state index contributed by atoms with van der Waals surface area (Å²) in [6.07, 6.45) is 1.90. The molecule has 0 bridgehead atoms. The number of pyridine rings is 1. The minimum Gasteiger partial charge on any atom is -0.474 e. The Morgan fingerprint density at radius 3 is 3.07 bits per heavy atom. The number of ether oxygens (including phenoxy) is 1. The van der Waals surface area contributed by atoms with Crippen LogP contribution in [-0.4, -0.2) is 4.98 Å². The van der Waals surface area contributed by atoms with Crippen LogP contribution in [0.25, 0.3) is 0 Å². The quantitative estimate of drug-likeness (QED) is 0.739. The van der Waals surface area contributed by atoms with Crippen molar-refractivity contribution in [3.05, 3.63) is 35.9 Å². The third-order valence-corrected chi connectivity index (χ3v) is 2.31. The lowest BCUT2D eigenvalue weighted by atomic mass is 10.0. The van der Waals surface area contributed by atoms with Gasteiger partial charge in [0, 0.05) is 11.8 Å². The summed E-state index contributed by atoms with van der Waals surface area (Å²) in [5, 5.41) is 3.00. The number of nitrogens with zero attached hydrogens (tertiary/aromatic N) is 1. The van der Waals surface area contributed by atoms with Crippen LogP contribution in [0.5, 0.6) is 0 Å². The lowest BCUT2D eigenvalue weighted by Gasteiger charge is -2.20. The number of fused-ring (bicyclic) bond motifs is 1. The highest BCUT2D eigenvalue weighted by molar-refractivity contribution is 5.50. The monoisotopic (exact) mass is 190 g/mol. The van der Waals surface area contributed by atoms with Crippen molar-refractivity contribution in [2.75, 3.05) is 5.32 Å². The van der Waals surface area contributed by atoms with Gasteiger partial charge in [-0.25, -0.2) is 4.98 Å². The molecular formula is C11H14N2O. The van der Waals surface area contributed by atoms with E-state index in [0.717, 1.165) is 11.4 Å². The Morgan fingerprint density at radius 1 is 1.57 bits per heavy atom. The van der Waals surface area contributed by atoms with Gasteiger partial charge in [0.25, 0.3) is 0 Å². The van der Waals surface area contributed by atoms with Gasteiger partial charge in [0.15, 0.2) is 5.88 Å². The summed E-state index contributed by atoms with van der Waals surface area (Å²) in [5.74, 6) is 1.94. The first-order valence-corrected chi connectivity index (χ1v) is 4.74. The van der Waals surface area contributed by atoms with Crippen molar-refractivity contribution in [3.8, 4) is 0 Å². The van der Waals surface area contributed by atoms with Crippen molar-refractivity contribution in [2.45, 2.75) is 26.4 Å². The lowest BCUT2D eigenvalue weighted by Crippen LogP contribution is -2.13. The normalized spacial score (nSPS) is 14.6. The molecule has 0 saturated carbocycles. The summed E-state index contributed by atoms with van der Waals surface area (Å²) in [5.41, 5.74) is 2.34. The van der Waals surface area contributed by atoms with Crippen LogP contribution in [0.4, 0.5) is 5.82 Å². The Hall–Kier alpha value is -1.51. The van der Waals surface area contributed by atoms with Crippen molar-refractivity contribution >= 4 is 5.82 Å². The van der Waals surface area contributed by atoms with E-state index in [1.54, 1.807) is 0 Å². The highest BCUT2D eigenvalue weighted by atomic mass is 16.5. The summed E-state index contributed by atoms with van der Waals surface area (Å²) in [6, 6.07) is 2.13. The van der Waals surface area contributed by atoms with Gasteiger partial charge in [0.2, 0.25) is 0 Å². The number of rotatable bonds is 1. The predicted molar refractivity (Wildman–Crippen MR) is 55.9 cm³/mol. The van der Waals surface area contributed by atoms with Crippen LogP contribution in [-0.2, 0) is 11.3 Å². The molecule has 0 amide bonds. The summed E-state index contributed by atoms with van der Waals surface area (Å²) in [4.78, 5) is 4.34. The molecule has 2 rings (SSSR count). The number of hydrogen-bond acceptors (Lipinski definition) is 3. The van der Waals surface area contributed by atoms with E-state index in [-0.39, 0.29) is 0 Å². The number of anilines is 1. The van der Waals surface area contributed by atoms with Gasteiger partial charge in [-0.05, 0) is 24.1 Å². The Kier molecular flexibility index (Phi) is 2.15. The standard InChI is InChI=1S/C11H14N2O/c1-7(2)9-4-10-6-14-8(3)13-11(10)12-5-9/h4-5,7H,3,6H2,1-2H3,(H,12,13). The molecule has 0 spiro atoms. The molecule has 0 aromatic carbocycles. The van der Waals surface area contributed by atoms with Crippen LogP contribution >= 0.6 is 0 Å². The Balaban J connectivity index is 2.36. The second-order valence-corrected chi connectivity index (χ2v) is 3.77. The average molecular weight is 190 g/mol. The zero-order valence-electron chi connectivity index (χ0n) is 8.50. The van der Waals surface area contributed by atoms with E-state index in [4.69, 9.17) is 4.74 Å². The van der Waals surface area contributed by atoms with Crippen molar-refractivity contribution < 1.29 is 4.74 Å². The zero-order valence-corrected chi connectivity index (χ0v) is 8.50. The van der Waals surface area contributed by atoms with Crippen LogP contribution in [0.15, 0.2) is 24.7 Å². The predicted octanol–water partition coefficient (Wildman–Crippen LogP) is 2.62. The fourth-order valence-electron chi connectivity index (χ4n) is 1.40. The second-order valence-electron chi connectivity index (χ2n) is 3.77. The summed E-state index contributed by atoms with van der Waals surface area (Å²) in [7, 11) is 0. The Labute approximate surface area is 83.8 Å².